The lowest BCUT2D eigenvalue weighted by Crippen LogP contribution is -2.49. The van der Waals surface area contributed by atoms with E-state index in [9.17, 15) is 9.59 Å². The summed E-state index contributed by atoms with van der Waals surface area (Å²) in [6.45, 7) is 6.81. The van der Waals surface area contributed by atoms with Crippen LogP contribution in [0.2, 0.25) is 0 Å². The van der Waals surface area contributed by atoms with Crippen molar-refractivity contribution >= 4 is 27.7 Å². The van der Waals surface area contributed by atoms with Gasteiger partial charge in [-0.1, -0.05) is 36.4 Å². The van der Waals surface area contributed by atoms with Crippen LogP contribution in [0.15, 0.2) is 77.6 Å². The minimum absolute atomic E-state index is 0.0119. The molecule has 1 amide bonds. The average Bonchev–Trinajstić information content (AvgIpc) is 2.88. The number of carbonyl (C=O) groups is 1. The van der Waals surface area contributed by atoms with Gasteiger partial charge in [0.15, 0.2) is 5.43 Å². The number of rotatable bonds is 6. The van der Waals surface area contributed by atoms with Gasteiger partial charge in [0.1, 0.15) is 12.3 Å². The summed E-state index contributed by atoms with van der Waals surface area (Å²) in [6.07, 6.45) is 0. The van der Waals surface area contributed by atoms with Gasteiger partial charge in [0, 0.05) is 43.5 Å². The molecule has 1 aliphatic rings. The Hall–Kier alpha value is -3.64. The van der Waals surface area contributed by atoms with Crippen molar-refractivity contribution < 1.29 is 9.53 Å². The van der Waals surface area contributed by atoms with Gasteiger partial charge in [0.25, 0.3) is 0 Å². The number of carbonyl (C=O) groups excluding carboxylic acids is 1. The first-order valence-corrected chi connectivity index (χ1v) is 11.9. The minimum atomic E-state index is 0.0119. The van der Waals surface area contributed by atoms with Gasteiger partial charge in [-0.15, -0.1) is 0 Å². The van der Waals surface area contributed by atoms with E-state index in [1.165, 1.54) is 5.56 Å². The third-order valence-corrected chi connectivity index (χ3v) is 6.54. The molecule has 6 heteroatoms. The summed E-state index contributed by atoms with van der Waals surface area (Å²) >= 11 is 0. The van der Waals surface area contributed by atoms with Crippen molar-refractivity contribution in [2.45, 2.75) is 20.0 Å². The number of pyridine rings is 1. The lowest BCUT2D eigenvalue weighted by molar-refractivity contribution is -0.133. The van der Waals surface area contributed by atoms with E-state index in [2.05, 4.69) is 17.0 Å². The maximum atomic E-state index is 13.3. The number of para-hydroxylation sites is 2. The maximum Gasteiger partial charge on any atom is 0.242 e. The molecular weight excluding hydrogens is 426 g/mol. The zero-order chi connectivity index (χ0) is 23.5. The molecule has 0 spiro atoms. The Balaban J connectivity index is 1.29. The normalized spacial score (nSPS) is 14.6. The van der Waals surface area contributed by atoms with Crippen molar-refractivity contribution in [3.8, 4) is 5.75 Å². The molecule has 1 aliphatic heterocycles. The van der Waals surface area contributed by atoms with Crippen LogP contribution >= 0.6 is 0 Å². The summed E-state index contributed by atoms with van der Waals surface area (Å²) in [6, 6.07) is 23.3. The SMILES string of the molecule is CCOc1ccc(CN2CCN(C(=O)Cn3c4ccccc4c(=O)c4ccccc43)CC2)cc1. The monoisotopic (exact) mass is 455 g/mol. The highest BCUT2D eigenvalue weighted by Gasteiger charge is 2.22. The molecule has 0 bridgehead atoms. The molecule has 0 atom stereocenters. The Morgan fingerprint density at radius 2 is 1.41 bits per heavy atom. The summed E-state index contributed by atoms with van der Waals surface area (Å²) in [5.41, 5.74) is 2.86. The van der Waals surface area contributed by atoms with Crippen LogP contribution in [0, 0.1) is 0 Å². The molecule has 5 rings (SSSR count). The smallest absolute Gasteiger partial charge is 0.242 e. The van der Waals surface area contributed by atoms with E-state index in [1.807, 2.05) is 77.1 Å². The van der Waals surface area contributed by atoms with Gasteiger partial charge in [-0.05, 0) is 48.9 Å². The van der Waals surface area contributed by atoms with E-state index >= 15 is 0 Å². The molecular formula is C28H29N3O3. The molecule has 0 unspecified atom stereocenters. The van der Waals surface area contributed by atoms with Crippen LogP contribution < -0.4 is 10.2 Å². The van der Waals surface area contributed by atoms with E-state index < -0.39 is 0 Å². The van der Waals surface area contributed by atoms with Crippen molar-refractivity contribution in [3.05, 3.63) is 88.6 Å². The van der Waals surface area contributed by atoms with Crippen molar-refractivity contribution in [3.63, 3.8) is 0 Å². The first kappa shape index (κ1) is 22.2. The highest BCUT2D eigenvalue weighted by atomic mass is 16.5. The third-order valence-electron chi connectivity index (χ3n) is 6.54. The molecule has 0 saturated carbocycles. The predicted molar refractivity (Wildman–Crippen MR) is 135 cm³/mol. The Morgan fingerprint density at radius 3 is 2.00 bits per heavy atom. The van der Waals surface area contributed by atoms with Crippen molar-refractivity contribution in [1.82, 2.24) is 14.4 Å². The zero-order valence-corrected chi connectivity index (χ0v) is 19.4. The van der Waals surface area contributed by atoms with Gasteiger partial charge in [-0.25, -0.2) is 0 Å². The predicted octanol–water partition coefficient (Wildman–Crippen LogP) is 3.90. The Kier molecular flexibility index (Phi) is 6.32. The second kappa shape index (κ2) is 9.69. The highest BCUT2D eigenvalue weighted by Crippen LogP contribution is 2.20. The van der Waals surface area contributed by atoms with Gasteiger partial charge in [-0.3, -0.25) is 14.5 Å². The number of nitrogens with zero attached hydrogens (tertiary/aromatic N) is 3. The maximum absolute atomic E-state index is 13.3. The van der Waals surface area contributed by atoms with E-state index in [4.69, 9.17) is 4.74 Å². The number of fused-ring (bicyclic) bond motifs is 2. The number of amides is 1. The summed E-state index contributed by atoms with van der Waals surface area (Å²) < 4.78 is 7.51. The topological polar surface area (TPSA) is 54.8 Å². The fourth-order valence-corrected chi connectivity index (χ4v) is 4.75. The van der Waals surface area contributed by atoms with Gasteiger partial charge < -0.3 is 14.2 Å². The molecule has 34 heavy (non-hydrogen) atoms. The van der Waals surface area contributed by atoms with Crippen LogP contribution in [0.5, 0.6) is 5.75 Å². The molecule has 1 saturated heterocycles. The van der Waals surface area contributed by atoms with Crippen molar-refractivity contribution in [2.75, 3.05) is 32.8 Å². The molecule has 0 radical (unpaired) electrons. The van der Waals surface area contributed by atoms with Gasteiger partial charge in [-0.2, -0.15) is 0 Å². The zero-order valence-electron chi connectivity index (χ0n) is 19.4. The largest absolute Gasteiger partial charge is 0.494 e. The molecule has 6 nitrogen and oxygen atoms in total. The van der Waals surface area contributed by atoms with Crippen LogP contribution in [0.25, 0.3) is 21.8 Å². The Labute approximate surface area is 199 Å². The lowest BCUT2D eigenvalue weighted by Gasteiger charge is -2.35. The molecule has 0 N–H and O–H groups in total. The fraction of sp³-hybridized carbons (Fsp3) is 0.286. The second-order valence-corrected chi connectivity index (χ2v) is 8.68. The van der Waals surface area contributed by atoms with Crippen LogP contribution in [0.3, 0.4) is 0 Å². The van der Waals surface area contributed by atoms with E-state index in [0.717, 1.165) is 36.4 Å². The number of ether oxygens (including phenoxy) is 1. The third kappa shape index (κ3) is 4.41. The summed E-state index contributed by atoms with van der Waals surface area (Å²) in [5.74, 6) is 0.976. The van der Waals surface area contributed by atoms with Gasteiger partial charge in [0.2, 0.25) is 5.91 Å². The number of benzene rings is 3. The van der Waals surface area contributed by atoms with Crippen LogP contribution in [0.4, 0.5) is 0 Å². The lowest BCUT2D eigenvalue weighted by atomic mass is 10.1. The summed E-state index contributed by atoms with van der Waals surface area (Å²) in [5, 5.41) is 1.29. The molecule has 4 aromatic rings. The number of piperazine rings is 1. The quantitative estimate of drug-likeness (QED) is 0.414. The van der Waals surface area contributed by atoms with Crippen LogP contribution in [-0.4, -0.2) is 53.1 Å². The number of hydrogen-bond donors (Lipinski definition) is 0. The molecule has 0 aliphatic carbocycles. The summed E-state index contributed by atoms with van der Waals surface area (Å²) in [4.78, 5) is 30.6. The van der Waals surface area contributed by atoms with Crippen molar-refractivity contribution in [1.29, 1.82) is 0 Å². The minimum Gasteiger partial charge on any atom is -0.494 e. The standard InChI is InChI=1S/C28H29N3O3/c1-2-34-22-13-11-21(12-14-22)19-29-15-17-30(18-16-29)27(32)20-31-25-9-5-3-7-23(25)28(33)24-8-4-6-10-26(24)31/h3-14H,2,15-20H2,1H3. The average molecular weight is 456 g/mol. The molecule has 3 aromatic carbocycles. The molecule has 2 heterocycles. The molecule has 1 fully saturated rings. The molecule has 174 valence electrons. The van der Waals surface area contributed by atoms with E-state index in [-0.39, 0.29) is 17.9 Å². The molecule has 1 aromatic heterocycles. The van der Waals surface area contributed by atoms with Crippen LogP contribution in [0.1, 0.15) is 12.5 Å². The number of aromatic nitrogens is 1. The fourth-order valence-electron chi connectivity index (χ4n) is 4.75. The number of hydrogen-bond acceptors (Lipinski definition) is 4. The Morgan fingerprint density at radius 1 is 0.824 bits per heavy atom. The highest BCUT2D eigenvalue weighted by molar-refractivity contribution is 5.94. The van der Waals surface area contributed by atoms with E-state index in [0.29, 0.717) is 30.5 Å². The van der Waals surface area contributed by atoms with Gasteiger partial charge in [0.05, 0.1) is 17.6 Å². The van der Waals surface area contributed by atoms with Crippen LogP contribution in [-0.2, 0) is 17.9 Å². The first-order chi connectivity index (χ1) is 16.6. The van der Waals surface area contributed by atoms with Gasteiger partial charge >= 0.3 is 0 Å². The first-order valence-electron chi connectivity index (χ1n) is 11.9. The van der Waals surface area contributed by atoms with Crippen molar-refractivity contribution in [2.24, 2.45) is 0 Å². The Bertz CT molecular complexity index is 1310. The van der Waals surface area contributed by atoms with E-state index in [1.54, 1.807) is 0 Å². The second-order valence-electron chi connectivity index (χ2n) is 8.68. The summed E-state index contributed by atoms with van der Waals surface area (Å²) in [7, 11) is 0.